The number of aliphatic hydroxyl groups excluding tert-OH is 1. The van der Waals surface area contributed by atoms with Crippen LogP contribution in [0.4, 0.5) is 5.69 Å². The summed E-state index contributed by atoms with van der Waals surface area (Å²) in [7, 11) is 0. The summed E-state index contributed by atoms with van der Waals surface area (Å²) in [5, 5.41) is 12.1. The smallest absolute Gasteiger partial charge is 0.221 e. The van der Waals surface area contributed by atoms with Gasteiger partial charge in [0.1, 0.15) is 12.4 Å². The molecule has 4 nitrogen and oxygen atoms in total. The molecule has 1 aromatic rings. The van der Waals surface area contributed by atoms with Crippen molar-refractivity contribution in [3.63, 3.8) is 0 Å². The van der Waals surface area contributed by atoms with Crippen LogP contribution < -0.4 is 10.1 Å². The van der Waals surface area contributed by atoms with E-state index in [-0.39, 0.29) is 12.5 Å². The molecule has 2 N–H and O–H groups in total. The van der Waals surface area contributed by atoms with Gasteiger partial charge in [-0.15, -0.1) is 11.6 Å². The van der Waals surface area contributed by atoms with Crippen molar-refractivity contribution in [1.29, 1.82) is 0 Å². The van der Waals surface area contributed by atoms with Gasteiger partial charge < -0.3 is 15.2 Å². The molecule has 94 valence electrons. The maximum Gasteiger partial charge on any atom is 0.221 e. The highest BCUT2D eigenvalue weighted by Gasteiger charge is 2.04. The van der Waals surface area contributed by atoms with E-state index in [0.717, 1.165) is 0 Å². The van der Waals surface area contributed by atoms with E-state index in [4.69, 9.17) is 16.3 Å². The number of ether oxygens (including phenoxy) is 1. The molecule has 0 saturated carbocycles. The first-order valence-corrected chi connectivity index (χ1v) is 5.89. The highest BCUT2D eigenvalue weighted by atomic mass is 35.5. The Labute approximate surface area is 106 Å². The van der Waals surface area contributed by atoms with Gasteiger partial charge in [0.05, 0.1) is 6.10 Å². The average molecular weight is 258 g/mol. The number of halogens is 1. The Morgan fingerprint density at radius 2 is 2.12 bits per heavy atom. The molecule has 0 radical (unpaired) electrons. The molecule has 0 aromatic heterocycles. The van der Waals surface area contributed by atoms with Crippen LogP contribution in [0.2, 0.25) is 0 Å². The first-order valence-electron chi connectivity index (χ1n) is 5.36. The van der Waals surface area contributed by atoms with Crippen LogP contribution >= 0.6 is 11.6 Å². The fourth-order valence-corrected chi connectivity index (χ4v) is 1.49. The molecule has 0 aliphatic heterocycles. The van der Waals surface area contributed by atoms with Crippen molar-refractivity contribution in [3.8, 4) is 5.75 Å². The lowest BCUT2D eigenvalue weighted by Crippen LogP contribution is -2.17. The van der Waals surface area contributed by atoms with Crippen molar-refractivity contribution in [2.24, 2.45) is 0 Å². The Kier molecular flexibility index (Phi) is 5.80. The molecule has 0 fully saturated rings. The SMILES string of the molecule is CC(=O)Nc1ccc(OCC(O)CCCl)cc1. The van der Waals surface area contributed by atoms with Crippen LogP contribution in [0, 0.1) is 0 Å². The lowest BCUT2D eigenvalue weighted by atomic mass is 10.3. The van der Waals surface area contributed by atoms with Crippen LogP contribution in [0.1, 0.15) is 13.3 Å². The number of benzene rings is 1. The number of hydrogen-bond donors (Lipinski definition) is 2. The van der Waals surface area contributed by atoms with Crippen molar-refractivity contribution in [2.45, 2.75) is 19.4 Å². The number of alkyl halides is 1. The zero-order chi connectivity index (χ0) is 12.7. The number of nitrogens with one attached hydrogen (secondary N) is 1. The Morgan fingerprint density at radius 1 is 1.47 bits per heavy atom. The number of carbonyl (C=O) groups is 1. The second-order valence-corrected chi connectivity index (χ2v) is 4.03. The van der Waals surface area contributed by atoms with Crippen molar-refractivity contribution in [3.05, 3.63) is 24.3 Å². The Morgan fingerprint density at radius 3 is 2.65 bits per heavy atom. The van der Waals surface area contributed by atoms with E-state index in [1.54, 1.807) is 24.3 Å². The minimum Gasteiger partial charge on any atom is -0.491 e. The van der Waals surface area contributed by atoms with Gasteiger partial charge in [0, 0.05) is 18.5 Å². The minimum atomic E-state index is -0.553. The van der Waals surface area contributed by atoms with E-state index < -0.39 is 6.10 Å². The zero-order valence-corrected chi connectivity index (χ0v) is 10.4. The fraction of sp³-hybridized carbons (Fsp3) is 0.417. The highest BCUT2D eigenvalue weighted by Crippen LogP contribution is 2.16. The first kappa shape index (κ1) is 13.8. The molecule has 0 saturated heterocycles. The van der Waals surface area contributed by atoms with Crippen molar-refractivity contribution < 1.29 is 14.6 Å². The van der Waals surface area contributed by atoms with Crippen LogP contribution in [0.5, 0.6) is 5.75 Å². The number of amides is 1. The minimum absolute atomic E-state index is 0.115. The first-order chi connectivity index (χ1) is 8.11. The quantitative estimate of drug-likeness (QED) is 0.767. The highest BCUT2D eigenvalue weighted by molar-refractivity contribution is 6.17. The summed E-state index contributed by atoms with van der Waals surface area (Å²) >= 11 is 5.49. The predicted molar refractivity (Wildman–Crippen MR) is 67.6 cm³/mol. The molecule has 0 bridgehead atoms. The summed E-state index contributed by atoms with van der Waals surface area (Å²) < 4.78 is 5.36. The Bertz CT molecular complexity index is 353. The fourth-order valence-electron chi connectivity index (χ4n) is 1.24. The van der Waals surface area contributed by atoms with Gasteiger partial charge in [-0.3, -0.25) is 4.79 Å². The molecule has 0 spiro atoms. The summed E-state index contributed by atoms with van der Waals surface area (Å²) in [5.74, 6) is 0.940. The summed E-state index contributed by atoms with van der Waals surface area (Å²) in [6, 6.07) is 6.95. The summed E-state index contributed by atoms with van der Waals surface area (Å²) in [6.07, 6.45) is -0.0477. The van der Waals surface area contributed by atoms with Gasteiger partial charge in [-0.1, -0.05) is 0 Å². The largest absolute Gasteiger partial charge is 0.491 e. The number of anilines is 1. The maximum absolute atomic E-state index is 10.8. The molecular formula is C12H16ClNO3. The lowest BCUT2D eigenvalue weighted by molar-refractivity contribution is -0.114. The average Bonchev–Trinajstić information content (AvgIpc) is 2.28. The molecule has 1 aromatic carbocycles. The molecule has 0 aliphatic carbocycles. The van der Waals surface area contributed by atoms with Gasteiger partial charge in [-0.2, -0.15) is 0 Å². The van der Waals surface area contributed by atoms with Gasteiger partial charge in [0.25, 0.3) is 0 Å². The molecule has 1 rings (SSSR count). The summed E-state index contributed by atoms with van der Waals surface area (Å²) in [5.41, 5.74) is 0.714. The molecule has 17 heavy (non-hydrogen) atoms. The summed E-state index contributed by atoms with van der Waals surface area (Å²) in [4.78, 5) is 10.8. The van der Waals surface area contributed by atoms with E-state index >= 15 is 0 Å². The Hall–Kier alpha value is -1.26. The number of carbonyl (C=O) groups excluding carboxylic acids is 1. The van der Waals surface area contributed by atoms with Gasteiger partial charge in [-0.05, 0) is 30.7 Å². The number of hydrogen-bond acceptors (Lipinski definition) is 3. The monoisotopic (exact) mass is 257 g/mol. The standard InChI is InChI=1S/C12H16ClNO3/c1-9(15)14-10-2-4-12(5-3-10)17-8-11(16)6-7-13/h2-5,11,16H,6-8H2,1H3,(H,14,15). The second-order valence-electron chi connectivity index (χ2n) is 3.65. The van der Waals surface area contributed by atoms with Crippen LogP contribution in [-0.2, 0) is 4.79 Å². The molecular weight excluding hydrogens is 242 g/mol. The third kappa shape index (κ3) is 5.56. The lowest BCUT2D eigenvalue weighted by Gasteiger charge is -2.11. The van der Waals surface area contributed by atoms with E-state index in [0.29, 0.717) is 23.7 Å². The van der Waals surface area contributed by atoms with E-state index in [1.165, 1.54) is 6.92 Å². The number of aliphatic hydroxyl groups is 1. The van der Waals surface area contributed by atoms with Crippen LogP contribution in [0.3, 0.4) is 0 Å². The normalized spacial score (nSPS) is 11.9. The maximum atomic E-state index is 10.8. The zero-order valence-electron chi connectivity index (χ0n) is 9.65. The van der Waals surface area contributed by atoms with E-state index in [2.05, 4.69) is 5.32 Å². The predicted octanol–water partition coefficient (Wildman–Crippen LogP) is 2.01. The van der Waals surface area contributed by atoms with Gasteiger partial charge in [0.15, 0.2) is 0 Å². The van der Waals surface area contributed by atoms with Gasteiger partial charge in [0.2, 0.25) is 5.91 Å². The van der Waals surface area contributed by atoms with Crippen LogP contribution in [0.25, 0.3) is 0 Å². The third-order valence-corrected chi connectivity index (χ3v) is 2.28. The third-order valence-electron chi connectivity index (χ3n) is 2.06. The second kappa shape index (κ2) is 7.14. The van der Waals surface area contributed by atoms with Crippen molar-refractivity contribution in [2.75, 3.05) is 17.8 Å². The van der Waals surface area contributed by atoms with Crippen molar-refractivity contribution in [1.82, 2.24) is 0 Å². The molecule has 1 unspecified atom stereocenters. The molecule has 0 heterocycles. The van der Waals surface area contributed by atoms with Crippen LogP contribution in [-0.4, -0.2) is 29.6 Å². The van der Waals surface area contributed by atoms with Crippen LogP contribution in [0.15, 0.2) is 24.3 Å². The van der Waals surface area contributed by atoms with E-state index in [9.17, 15) is 9.90 Å². The van der Waals surface area contributed by atoms with Gasteiger partial charge in [-0.25, -0.2) is 0 Å². The van der Waals surface area contributed by atoms with Crippen molar-refractivity contribution >= 4 is 23.2 Å². The Balaban J connectivity index is 2.42. The molecule has 1 atom stereocenters. The van der Waals surface area contributed by atoms with Gasteiger partial charge >= 0.3 is 0 Å². The summed E-state index contributed by atoms with van der Waals surface area (Å²) in [6.45, 7) is 1.67. The molecule has 5 heteroatoms. The molecule has 0 aliphatic rings. The van der Waals surface area contributed by atoms with E-state index in [1.807, 2.05) is 0 Å². The molecule has 1 amide bonds. The number of rotatable bonds is 6. The topological polar surface area (TPSA) is 58.6 Å².